The Morgan fingerprint density at radius 2 is 2.00 bits per heavy atom. The van der Waals surface area contributed by atoms with Crippen LogP contribution in [0.2, 0.25) is 0 Å². The fourth-order valence-electron chi connectivity index (χ4n) is 3.86. The van der Waals surface area contributed by atoms with Gasteiger partial charge < -0.3 is 5.32 Å². The van der Waals surface area contributed by atoms with Crippen molar-refractivity contribution in [2.24, 2.45) is 5.92 Å². The molecule has 1 aliphatic heterocycles. The maximum absolute atomic E-state index is 12.2. The van der Waals surface area contributed by atoms with E-state index in [2.05, 4.69) is 12.2 Å². The highest BCUT2D eigenvalue weighted by molar-refractivity contribution is 7.91. The first-order chi connectivity index (χ1) is 10.1. The minimum absolute atomic E-state index is 0.199. The molecule has 0 spiro atoms. The van der Waals surface area contributed by atoms with E-state index >= 15 is 0 Å². The lowest BCUT2D eigenvalue weighted by Crippen LogP contribution is -2.39. The first-order valence-corrected chi connectivity index (χ1v) is 9.83. The van der Waals surface area contributed by atoms with Gasteiger partial charge >= 0.3 is 0 Å². The Balaban J connectivity index is 1.78. The van der Waals surface area contributed by atoms with Crippen LogP contribution >= 0.6 is 0 Å². The van der Waals surface area contributed by atoms with Crippen molar-refractivity contribution in [2.45, 2.75) is 62.4 Å². The van der Waals surface area contributed by atoms with Crippen LogP contribution in [0.1, 0.15) is 57.1 Å². The zero-order valence-electron chi connectivity index (χ0n) is 12.7. The number of fused-ring (bicyclic) bond motifs is 1. The van der Waals surface area contributed by atoms with Crippen molar-refractivity contribution < 1.29 is 8.42 Å². The zero-order valence-corrected chi connectivity index (χ0v) is 13.5. The molecule has 3 atom stereocenters. The fourth-order valence-corrected chi connectivity index (χ4v) is 5.48. The Hall–Kier alpha value is -0.870. The van der Waals surface area contributed by atoms with Gasteiger partial charge in [0.25, 0.3) is 0 Å². The second-order valence-electron chi connectivity index (χ2n) is 6.50. The van der Waals surface area contributed by atoms with Crippen LogP contribution in [0, 0.1) is 5.92 Å². The van der Waals surface area contributed by atoms with Crippen molar-refractivity contribution in [2.75, 3.05) is 5.75 Å². The molecule has 1 heterocycles. The standard InChI is InChI=1S/C17H25NO2S/c1-2-13-6-5-7-14(12-13)18-16-10-11-21(19,20)17-9-4-3-8-15(16)17/h3-4,8-9,13-14,16,18H,2,5-7,10-12H2,1H3. The molecule has 1 fully saturated rings. The lowest BCUT2D eigenvalue weighted by molar-refractivity contribution is 0.258. The van der Waals surface area contributed by atoms with Gasteiger partial charge in [-0.2, -0.15) is 0 Å². The van der Waals surface area contributed by atoms with E-state index < -0.39 is 9.84 Å². The van der Waals surface area contributed by atoms with Crippen molar-refractivity contribution in [1.82, 2.24) is 5.32 Å². The Morgan fingerprint density at radius 1 is 1.19 bits per heavy atom. The molecule has 1 saturated carbocycles. The van der Waals surface area contributed by atoms with Crippen LogP contribution in [0.3, 0.4) is 0 Å². The summed E-state index contributed by atoms with van der Waals surface area (Å²) in [5.41, 5.74) is 0.974. The molecule has 3 rings (SSSR count). The van der Waals surface area contributed by atoms with Crippen molar-refractivity contribution >= 4 is 9.84 Å². The number of nitrogens with one attached hydrogen (secondary N) is 1. The Morgan fingerprint density at radius 3 is 2.81 bits per heavy atom. The lowest BCUT2D eigenvalue weighted by atomic mass is 9.83. The van der Waals surface area contributed by atoms with E-state index in [0.717, 1.165) is 11.5 Å². The van der Waals surface area contributed by atoms with Gasteiger partial charge in [-0.25, -0.2) is 8.42 Å². The maximum Gasteiger partial charge on any atom is 0.178 e. The topological polar surface area (TPSA) is 46.2 Å². The summed E-state index contributed by atoms with van der Waals surface area (Å²) in [6.45, 7) is 2.27. The van der Waals surface area contributed by atoms with Crippen LogP contribution in [-0.2, 0) is 9.84 Å². The molecule has 1 aliphatic carbocycles. The highest BCUT2D eigenvalue weighted by Crippen LogP contribution is 2.34. The molecule has 116 valence electrons. The summed E-state index contributed by atoms with van der Waals surface area (Å²) in [7, 11) is -3.07. The third kappa shape index (κ3) is 3.16. The largest absolute Gasteiger partial charge is 0.307 e. The van der Waals surface area contributed by atoms with Gasteiger partial charge in [-0.3, -0.25) is 0 Å². The molecular formula is C17H25NO2S. The van der Waals surface area contributed by atoms with Crippen LogP contribution < -0.4 is 5.32 Å². The molecule has 1 N–H and O–H groups in total. The van der Waals surface area contributed by atoms with Crippen LogP contribution in [-0.4, -0.2) is 20.2 Å². The van der Waals surface area contributed by atoms with Gasteiger partial charge in [0, 0.05) is 12.1 Å². The van der Waals surface area contributed by atoms with Gasteiger partial charge in [-0.15, -0.1) is 0 Å². The molecule has 21 heavy (non-hydrogen) atoms. The second-order valence-corrected chi connectivity index (χ2v) is 8.58. The molecule has 0 radical (unpaired) electrons. The average molecular weight is 307 g/mol. The van der Waals surface area contributed by atoms with Gasteiger partial charge in [-0.05, 0) is 36.8 Å². The van der Waals surface area contributed by atoms with E-state index in [9.17, 15) is 8.42 Å². The van der Waals surface area contributed by atoms with Gasteiger partial charge in [0.2, 0.25) is 0 Å². The maximum atomic E-state index is 12.2. The summed E-state index contributed by atoms with van der Waals surface area (Å²) < 4.78 is 24.4. The number of hydrogen-bond acceptors (Lipinski definition) is 3. The second kappa shape index (κ2) is 6.09. The summed E-state index contributed by atoms with van der Waals surface area (Å²) in [4.78, 5) is 0.539. The van der Waals surface area contributed by atoms with Crippen molar-refractivity contribution in [3.8, 4) is 0 Å². The van der Waals surface area contributed by atoms with Crippen molar-refractivity contribution in [1.29, 1.82) is 0 Å². The van der Waals surface area contributed by atoms with E-state index in [0.29, 0.717) is 17.4 Å². The Labute approximate surface area is 128 Å². The predicted octanol–water partition coefficient (Wildman–Crippen LogP) is 3.46. The highest BCUT2D eigenvalue weighted by Gasteiger charge is 2.32. The minimum Gasteiger partial charge on any atom is -0.307 e. The van der Waals surface area contributed by atoms with E-state index in [1.807, 2.05) is 18.2 Å². The molecule has 1 aromatic carbocycles. The summed E-state index contributed by atoms with van der Waals surface area (Å²) in [5, 5.41) is 3.75. The zero-order chi connectivity index (χ0) is 14.9. The molecule has 1 aromatic rings. The smallest absolute Gasteiger partial charge is 0.178 e. The van der Waals surface area contributed by atoms with Gasteiger partial charge in [0.15, 0.2) is 9.84 Å². The summed E-state index contributed by atoms with van der Waals surface area (Å²) >= 11 is 0. The van der Waals surface area contributed by atoms with Crippen LogP contribution in [0.5, 0.6) is 0 Å². The first kappa shape index (κ1) is 15.0. The van der Waals surface area contributed by atoms with Gasteiger partial charge in [0.05, 0.1) is 10.6 Å². The summed E-state index contributed by atoms with van der Waals surface area (Å²) in [5.74, 6) is 1.10. The van der Waals surface area contributed by atoms with E-state index in [-0.39, 0.29) is 11.8 Å². The van der Waals surface area contributed by atoms with Crippen LogP contribution in [0.15, 0.2) is 29.2 Å². The molecule has 3 nitrogen and oxygen atoms in total. The average Bonchev–Trinajstić information content (AvgIpc) is 2.51. The lowest BCUT2D eigenvalue weighted by Gasteiger charge is -2.34. The Kier molecular flexibility index (Phi) is 4.36. The van der Waals surface area contributed by atoms with E-state index in [1.165, 1.54) is 32.1 Å². The highest BCUT2D eigenvalue weighted by atomic mass is 32.2. The SMILES string of the molecule is CCC1CCCC(NC2CCS(=O)(=O)c3ccccc32)C1. The number of rotatable bonds is 3. The van der Waals surface area contributed by atoms with Crippen LogP contribution in [0.25, 0.3) is 0 Å². The van der Waals surface area contributed by atoms with Crippen LogP contribution in [0.4, 0.5) is 0 Å². The molecule has 4 heteroatoms. The van der Waals surface area contributed by atoms with Crippen molar-refractivity contribution in [3.63, 3.8) is 0 Å². The molecule has 0 bridgehead atoms. The van der Waals surface area contributed by atoms with E-state index in [4.69, 9.17) is 0 Å². The molecule has 3 unspecified atom stereocenters. The van der Waals surface area contributed by atoms with Gasteiger partial charge in [-0.1, -0.05) is 44.4 Å². The third-order valence-electron chi connectivity index (χ3n) is 5.10. The summed E-state index contributed by atoms with van der Waals surface area (Å²) in [6.07, 6.45) is 7.07. The number of benzene rings is 1. The molecule has 0 saturated heterocycles. The normalized spacial score (nSPS) is 31.6. The predicted molar refractivity (Wildman–Crippen MR) is 85.0 cm³/mol. The van der Waals surface area contributed by atoms with Crippen molar-refractivity contribution in [3.05, 3.63) is 29.8 Å². The number of hydrogen-bond donors (Lipinski definition) is 1. The quantitative estimate of drug-likeness (QED) is 0.930. The molecule has 2 aliphatic rings. The monoisotopic (exact) mass is 307 g/mol. The number of sulfone groups is 1. The summed E-state index contributed by atoms with van der Waals surface area (Å²) in [6, 6.07) is 8.25. The minimum atomic E-state index is -3.07. The Bertz CT molecular complexity index is 597. The van der Waals surface area contributed by atoms with Gasteiger partial charge in [0.1, 0.15) is 0 Å². The third-order valence-corrected chi connectivity index (χ3v) is 6.92. The molecular weight excluding hydrogens is 282 g/mol. The fraction of sp³-hybridized carbons (Fsp3) is 0.647. The molecule has 0 amide bonds. The first-order valence-electron chi connectivity index (χ1n) is 8.18. The van der Waals surface area contributed by atoms with E-state index in [1.54, 1.807) is 6.07 Å². The molecule has 0 aromatic heterocycles.